The molecule has 2 amide bonds. The topological polar surface area (TPSA) is 102 Å². The number of aromatic nitrogens is 3. The number of carbonyl (C=O) groups excluding carboxylic acids is 1. The Labute approximate surface area is 162 Å². The second kappa shape index (κ2) is 7.46. The molecule has 0 radical (unpaired) electrons. The molecule has 0 atom stereocenters. The lowest BCUT2D eigenvalue weighted by Gasteiger charge is -2.17. The largest absolute Gasteiger partial charge is 0.419 e. The summed E-state index contributed by atoms with van der Waals surface area (Å²) >= 11 is 0. The Hall–Kier alpha value is -3.16. The van der Waals surface area contributed by atoms with E-state index < -0.39 is 5.76 Å². The number of carbonyl (C=O) groups is 1. The monoisotopic (exact) mass is 381 g/mol. The highest BCUT2D eigenvalue weighted by Gasteiger charge is 2.15. The van der Waals surface area contributed by atoms with Crippen LogP contribution in [-0.4, -0.2) is 27.1 Å². The highest BCUT2D eigenvalue weighted by molar-refractivity contribution is 5.91. The van der Waals surface area contributed by atoms with Crippen molar-refractivity contribution in [1.82, 2.24) is 19.9 Å². The molecule has 2 N–H and O–H groups in total. The molecule has 1 aliphatic carbocycles. The molecule has 8 heteroatoms. The van der Waals surface area contributed by atoms with E-state index in [1.165, 1.54) is 23.0 Å². The average molecular weight is 381 g/mol. The van der Waals surface area contributed by atoms with Crippen LogP contribution in [-0.2, 0) is 26.3 Å². The van der Waals surface area contributed by atoms with E-state index in [1.54, 1.807) is 25.2 Å². The number of amides is 2. The van der Waals surface area contributed by atoms with E-state index in [0.717, 1.165) is 30.1 Å². The Balaban J connectivity index is 1.35. The molecule has 8 nitrogen and oxygen atoms in total. The number of hydrogen-bond acceptors (Lipinski definition) is 5. The number of nitrogens with zero attached hydrogens (tertiary/aromatic N) is 3. The van der Waals surface area contributed by atoms with E-state index >= 15 is 0 Å². The first-order valence-corrected chi connectivity index (χ1v) is 9.51. The molecule has 0 saturated heterocycles. The van der Waals surface area contributed by atoms with Gasteiger partial charge in [-0.2, -0.15) is 0 Å². The third-order valence-electron chi connectivity index (χ3n) is 5.12. The number of anilines is 1. The van der Waals surface area contributed by atoms with Crippen LogP contribution in [0.1, 0.15) is 35.6 Å². The molecule has 28 heavy (non-hydrogen) atoms. The van der Waals surface area contributed by atoms with Crippen molar-refractivity contribution in [2.75, 3.05) is 11.9 Å². The van der Waals surface area contributed by atoms with Crippen LogP contribution < -0.4 is 16.4 Å². The minimum atomic E-state index is -0.433. The van der Waals surface area contributed by atoms with Gasteiger partial charge in [-0.15, -0.1) is 0 Å². The van der Waals surface area contributed by atoms with Crippen molar-refractivity contribution in [3.63, 3.8) is 0 Å². The number of benzene rings is 1. The zero-order valence-corrected chi connectivity index (χ0v) is 16.0. The summed E-state index contributed by atoms with van der Waals surface area (Å²) in [5.41, 5.74) is 5.21. The molecule has 1 aliphatic rings. The van der Waals surface area contributed by atoms with Gasteiger partial charge in [0.1, 0.15) is 5.82 Å². The first-order chi connectivity index (χ1) is 13.5. The van der Waals surface area contributed by atoms with Crippen LogP contribution in [0.2, 0.25) is 0 Å². The fourth-order valence-electron chi connectivity index (χ4n) is 3.62. The number of aryl methyl sites for hydroxylation is 3. The Kier molecular flexibility index (Phi) is 4.85. The highest BCUT2D eigenvalue weighted by Crippen LogP contribution is 2.21. The average Bonchev–Trinajstić information content (AvgIpc) is 2.96. The van der Waals surface area contributed by atoms with Crippen molar-refractivity contribution in [2.24, 2.45) is 7.05 Å². The summed E-state index contributed by atoms with van der Waals surface area (Å²) in [5, 5.41) is 5.60. The first kappa shape index (κ1) is 18.2. The van der Waals surface area contributed by atoms with Crippen molar-refractivity contribution in [3.8, 4) is 0 Å². The lowest BCUT2D eigenvalue weighted by atomic mass is 9.95. The summed E-state index contributed by atoms with van der Waals surface area (Å²) in [6.45, 7) is 2.48. The standard InChI is InChI=1S/C20H23N5O3/c1-12-14-5-3-4-6-15(14)24-18(22-12)9-10-21-19(26)23-13-7-8-17-16(11-13)25(2)20(27)28-17/h7-8,11H,3-6,9-10H2,1-2H3,(H2,21,23,26). The van der Waals surface area contributed by atoms with Crippen LogP contribution >= 0.6 is 0 Å². The van der Waals surface area contributed by atoms with Crippen molar-refractivity contribution >= 4 is 22.8 Å². The van der Waals surface area contributed by atoms with Gasteiger partial charge in [-0.1, -0.05) is 0 Å². The van der Waals surface area contributed by atoms with Gasteiger partial charge in [0.05, 0.1) is 5.52 Å². The molecule has 0 saturated carbocycles. The second-order valence-corrected chi connectivity index (χ2v) is 7.10. The number of rotatable bonds is 4. The summed E-state index contributed by atoms with van der Waals surface area (Å²) in [5.74, 6) is 0.338. The smallest absolute Gasteiger partial charge is 0.408 e. The zero-order valence-electron chi connectivity index (χ0n) is 16.0. The van der Waals surface area contributed by atoms with Gasteiger partial charge in [0.25, 0.3) is 0 Å². The normalized spacial score (nSPS) is 13.4. The maximum absolute atomic E-state index is 12.2. The number of fused-ring (bicyclic) bond motifs is 2. The lowest BCUT2D eigenvalue weighted by Crippen LogP contribution is -2.31. The number of hydrogen-bond donors (Lipinski definition) is 2. The summed E-state index contributed by atoms with van der Waals surface area (Å²) in [6, 6.07) is 4.75. The van der Waals surface area contributed by atoms with Crippen LogP contribution in [0.4, 0.5) is 10.5 Å². The van der Waals surface area contributed by atoms with E-state index in [1.807, 2.05) is 6.92 Å². The van der Waals surface area contributed by atoms with Gasteiger partial charge in [0.15, 0.2) is 5.58 Å². The second-order valence-electron chi connectivity index (χ2n) is 7.10. The minimum absolute atomic E-state index is 0.317. The first-order valence-electron chi connectivity index (χ1n) is 9.51. The van der Waals surface area contributed by atoms with E-state index in [2.05, 4.69) is 20.6 Å². The fraction of sp³-hybridized carbons (Fsp3) is 0.400. The molecule has 0 bridgehead atoms. The summed E-state index contributed by atoms with van der Waals surface area (Å²) in [6.07, 6.45) is 5.04. The number of urea groups is 1. The van der Waals surface area contributed by atoms with Crippen molar-refractivity contribution in [3.05, 3.63) is 51.5 Å². The lowest BCUT2D eigenvalue weighted by molar-refractivity contribution is 0.252. The van der Waals surface area contributed by atoms with Gasteiger partial charge in [-0.3, -0.25) is 4.57 Å². The predicted octanol–water partition coefficient (Wildman–Crippen LogP) is 2.47. The third kappa shape index (κ3) is 3.62. The number of nitrogens with one attached hydrogen (secondary N) is 2. The molecule has 3 aromatic rings. The van der Waals surface area contributed by atoms with Crippen molar-refractivity contribution in [2.45, 2.75) is 39.0 Å². The van der Waals surface area contributed by atoms with E-state index in [9.17, 15) is 9.59 Å². The van der Waals surface area contributed by atoms with E-state index in [4.69, 9.17) is 4.42 Å². The molecule has 0 fully saturated rings. The summed E-state index contributed by atoms with van der Waals surface area (Å²) in [4.78, 5) is 33.0. The van der Waals surface area contributed by atoms with E-state index in [0.29, 0.717) is 29.8 Å². The van der Waals surface area contributed by atoms with Crippen LogP contribution in [0, 0.1) is 6.92 Å². The Bertz CT molecular complexity index is 1100. The molecule has 0 spiro atoms. The van der Waals surface area contributed by atoms with Gasteiger partial charge in [0, 0.05) is 37.1 Å². The van der Waals surface area contributed by atoms with Gasteiger partial charge >= 0.3 is 11.8 Å². The maximum Gasteiger partial charge on any atom is 0.419 e. The molecule has 0 unspecified atom stereocenters. The van der Waals surface area contributed by atoms with Crippen LogP contribution in [0.25, 0.3) is 11.1 Å². The van der Waals surface area contributed by atoms with Crippen LogP contribution in [0.3, 0.4) is 0 Å². The van der Waals surface area contributed by atoms with Crippen LogP contribution in [0.15, 0.2) is 27.4 Å². The predicted molar refractivity (Wildman–Crippen MR) is 106 cm³/mol. The maximum atomic E-state index is 12.2. The van der Waals surface area contributed by atoms with Crippen molar-refractivity contribution in [1.29, 1.82) is 0 Å². The third-order valence-corrected chi connectivity index (χ3v) is 5.12. The van der Waals surface area contributed by atoms with Crippen LogP contribution in [0.5, 0.6) is 0 Å². The fourth-order valence-corrected chi connectivity index (χ4v) is 3.62. The molecule has 2 aromatic heterocycles. The SMILES string of the molecule is Cc1nc(CCNC(=O)Nc2ccc3oc(=O)n(C)c3c2)nc2c1CCCC2. The Morgan fingerprint density at radius 2 is 2.07 bits per heavy atom. The summed E-state index contributed by atoms with van der Waals surface area (Å²) in [7, 11) is 1.62. The minimum Gasteiger partial charge on any atom is -0.408 e. The molecular weight excluding hydrogens is 358 g/mol. The Morgan fingerprint density at radius 1 is 1.25 bits per heavy atom. The van der Waals surface area contributed by atoms with E-state index in [-0.39, 0.29) is 6.03 Å². The quantitative estimate of drug-likeness (QED) is 0.723. The van der Waals surface area contributed by atoms with Gasteiger partial charge in [-0.25, -0.2) is 19.6 Å². The molecule has 1 aromatic carbocycles. The summed E-state index contributed by atoms with van der Waals surface area (Å²) < 4.78 is 6.48. The van der Waals surface area contributed by atoms with Crippen molar-refractivity contribution < 1.29 is 9.21 Å². The molecule has 146 valence electrons. The number of oxazole rings is 1. The molecule has 0 aliphatic heterocycles. The zero-order chi connectivity index (χ0) is 19.7. The van der Waals surface area contributed by atoms with Gasteiger partial charge < -0.3 is 15.1 Å². The van der Waals surface area contributed by atoms with Gasteiger partial charge in [0.2, 0.25) is 0 Å². The van der Waals surface area contributed by atoms with Gasteiger partial charge in [-0.05, 0) is 56.4 Å². The molecular formula is C20H23N5O3. The highest BCUT2D eigenvalue weighted by atomic mass is 16.4. The molecule has 4 rings (SSSR count). The Morgan fingerprint density at radius 3 is 2.93 bits per heavy atom. The molecule has 2 heterocycles.